The van der Waals surface area contributed by atoms with Gasteiger partial charge in [0.2, 0.25) is 0 Å². The number of amides is 2. The Hall–Kier alpha value is -3.42. The number of ether oxygens (including phenoxy) is 1. The highest BCUT2D eigenvalue weighted by molar-refractivity contribution is 6.06. The minimum absolute atomic E-state index is 0.227. The zero-order chi connectivity index (χ0) is 23.0. The third kappa shape index (κ3) is 5.69. The van der Waals surface area contributed by atoms with Crippen molar-refractivity contribution in [1.82, 2.24) is 20.1 Å². The smallest absolute Gasteiger partial charge is 0.267 e. The van der Waals surface area contributed by atoms with Gasteiger partial charge in [-0.1, -0.05) is 36.4 Å². The topological polar surface area (TPSA) is 75.6 Å². The second-order valence-electron chi connectivity index (χ2n) is 7.98. The summed E-state index contributed by atoms with van der Waals surface area (Å²) >= 11 is 0. The van der Waals surface area contributed by atoms with E-state index in [2.05, 4.69) is 33.1 Å². The number of hydrogen-bond acceptors (Lipinski definition) is 4. The first kappa shape index (κ1) is 22.8. The standard InChI is InChI=1S/C26H30N4O3/c1-2-30-19-21(22-10-6-7-11-24(22)30)18-23(28-25(31)20-8-4-3-5-9-20)26(32)27-12-13-29-14-16-33-17-15-29/h3-11,18-19H,2,12-17H2,1H3,(H,27,32)(H,28,31)/b23-18-. The molecule has 2 N–H and O–H groups in total. The molecule has 2 amide bonds. The van der Waals surface area contributed by atoms with Crippen LogP contribution in [0.1, 0.15) is 22.8 Å². The van der Waals surface area contributed by atoms with E-state index in [9.17, 15) is 9.59 Å². The number of nitrogens with one attached hydrogen (secondary N) is 2. The van der Waals surface area contributed by atoms with Crippen molar-refractivity contribution in [3.8, 4) is 0 Å². The number of nitrogens with zero attached hydrogens (tertiary/aromatic N) is 2. The van der Waals surface area contributed by atoms with Gasteiger partial charge in [-0.25, -0.2) is 0 Å². The molecule has 4 rings (SSSR count). The monoisotopic (exact) mass is 446 g/mol. The van der Waals surface area contributed by atoms with Crippen LogP contribution < -0.4 is 10.6 Å². The molecule has 2 aromatic carbocycles. The van der Waals surface area contributed by atoms with E-state index in [-0.39, 0.29) is 17.5 Å². The number of hydrogen-bond donors (Lipinski definition) is 2. The van der Waals surface area contributed by atoms with Crippen LogP contribution in [-0.4, -0.2) is 60.7 Å². The first-order valence-electron chi connectivity index (χ1n) is 11.4. The number of carbonyl (C=O) groups excluding carboxylic acids is 2. The maximum Gasteiger partial charge on any atom is 0.267 e. The minimum Gasteiger partial charge on any atom is -0.379 e. The Morgan fingerprint density at radius 1 is 1.03 bits per heavy atom. The summed E-state index contributed by atoms with van der Waals surface area (Å²) in [5.41, 5.74) is 2.71. The summed E-state index contributed by atoms with van der Waals surface area (Å²) in [6.07, 6.45) is 3.78. The van der Waals surface area contributed by atoms with Crippen LogP contribution in [0.3, 0.4) is 0 Å². The molecule has 0 atom stereocenters. The minimum atomic E-state index is -0.315. The summed E-state index contributed by atoms with van der Waals surface area (Å²) in [4.78, 5) is 28.2. The first-order valence-corrected chi connectivity index (χ1v) is 11.4. The summed E-state index contributed by atoms with van der Waals surface area (Å²) in [5, 5.41) is 6.83. The normalized spacial score (nSPS) is 14.9. The number of fused-ring (bicyclic) bond motifs is 1. The van der Waals surface area contributed by atoms with Crippen LogP contribution in [0.25, 0.3) is 17.0 Å². The highest BCUT2D eigenvalue weighted by Gasteiger charge is 2.17. The Bertz CT molecular complexity index is 1130. The molecule has 3 aromatic rings. The molecule has 172 valence electrons. The van der Waals surface area contributed by atoms with Crippen molar-refractivity contribution in [2.24, 2.45) is 0 Å². The lowest BCUT2D eigenvalue weighted by molar-refractivity contribution is -0.117. The van der Waals surface area contributed by atoms with Crippen LogP contribution in [0, 0.1) is 0 Å². The summed E-state index contributed by atoms with van der Waals surface area (Å²) < 4.78 is 7.51. The van der Waals surface area contributed by atoms with Crippen molar-refractivity contribution >= 4 is 28.8 Å². The van der Waals surface area contributed by atoms with Crippen LogP contribution in [0.4, 0.5) is 0 Å². The molecule has 7 heteroatoms. The average molecular weight is 447 g/mol. The fourth-order valence-corrected chi connectivity index (χ4v) is 4.00. The van der Waals surface area contributed by atoms with E-state index in [4.69, 9.17) is 4.74 Å². The molecule has 7 nitrogen and oxygen atoms in total. The predicted octanol–water partition coefficient (Wildman–Crippen LogP) is 2.88. The molecular formula is C26H30N4O3. The van der Waals surface area contributed by atoms with E-state index in [1.807, 2.05) is 30.5 Å². The quantitative estimate of drug-likeness (QED) is 0.522. The lowest BCUT2D eigenvalue weighted by atomic mass is 10.1. The van der Waals surface area contributed by atoms with Crippen molar-refractivity contribution in [2.75, 3.05) is 39.4 Å². The molecule has 0 unspecified atom stereocenters. The van der Waals surface area contributed by atoms with Gasteiger partial charge in [0, 0.05) is 61.0 Å². The first-order chi connectivity index (χ1) is 16.2. The van der Waals surface area contributed by atoms with Gasteiger partial charge in [0.25, 0.3) is 11.8 Å². The molecule has 33 heavy (non-hydrogen) atoms. The number of aromatic nitrogens is 1. The molecule has 1 aliphatic heterocycles. The highest BCUT2D eigenvalue weighted by Crippen LogP contribution is 2.23. The van der Waals surface area contributed by atoms with Crippen LogP contribution in [0.15, 0.2) is 66.5 Å². The van der Waals surface area contributed by atoms with Gasteiger partial charge in [0.05, 0.1) is 13.2 Å². The predicted molar refractivity (Wildman–Crippen MR) is 130 cm³/mol. The van der Waals surface area contributed by atoms with E-state index >= 15 is 0 Å². The lowest BCUT2D eigenvalue weighted by Gasteiger charge is -2.26. The van der Waals surface area contributed by atoms with Crippen molar-refractivity contribution < 1.29 is 14.3 Å². The van der Waals surface area contributed by atoms with E-state index in [0.717, 1.165) is 42.6 Å². The van der Waals surface area contributed by atoms with E-state index < -0.39 is 0 Å². The zero-order valence-electron chi connectivity index (χ0n) is 18.9. The summed E-state index contributed by atoms with van der Waals surface area (Å²) in [5.74, 6) is -0.620. The van der Waals surface area contributed by atoms with Crippen molar-refractivity contribution in [1.29, 1.82) is 0 Å². The summed E-state index contributed by atoms with van der Waals surface area (Å²) in [7, 11) is 0. The number of benzene rings is 2. The third-order valence-electron chi connectivity index (χ3n) is 5.81. The number of carbonyl (C=O) groups is 2. The Balaban J connectivity index is 1.57. The number of aryl methyl sites for hydroxylation is 1. The van der Waals surface area contributed by atoms with Crippen molar-refractivity contribution in [3.63, 3.8) is 0 Å². The van der Waals surface area contributed by atoms with Gasteiger partial charge in [-0.05, 0) is 31.2 Å². The Morgan fingerprint density at radius 2 is 1.76 bits per heavy atom. The molecule has 0 saturated carbocycles. The molecule has 1 saturated heterocycles. The lowest BCUT2D eigenvalue weighted by Crippen LogP contribution is -2.42. The van der Waals surface area contributed by atoms with Gasteiger partial charge >= 0.3 is 0 Å². The molecule has 1 aromatic heterocycles. The summed E-state index contributed by atoms with van der Waals surface area (Å²) in [6.45, 7) is 7.28. The van der Waals surface area contributed by atoms with E-state index in [1.165, 1.54) is 0 Å². The largest absolute Gasteiger partial charge is 0.379 e. The zero-order valence-corrected chi connectivity index (χ0v) is 18.9. The van der Waals surface area contributed by atoms with Crippen LogP contribution in [0.2, 0.25) is 0 Å². The highest BCUT2D eigenvalue weighted by atomic mass is 16.5. The third-order valence-corrected chi connectivity index (χ3v) is 5.81. The fraction of sp³-hybridized carbons (Fsp3) is 0.308. The molecule has 0 bridgehead atoms. The second-order valence-corrected chi connectivity index (χ2v) is 7.98. The van der Waals surface area contributed by atoms with Crippen molar-refractivity contribution in [2.45, 2.75) is 13.5 Å². The number of rotatable bonds is 8. The van der Waals surface area contributed by atoms with Gasteiger partial charge < -0.3 is 19.9 Å². The number of morpholine rings is 1. The summed E-state index contributed by atoms with van der Waals surface area (Å²) in [6, 6.07) is 17.0. The van der Waals surface area contributed by atoms with Crippen LogP contribution in [0.5, 0.6) is 0 Å². The van der Waals surface area contributed by atoms with Gasteiger partial charge in [-0.15, -0.1) is 0 Å². The number of para-hydroxylation sites is 1. The molecule has 1 fully saturated rings. The Morgan fingerprint density at radius 3 is 2.52 bits per heavy atom. The Labute approximate surface area is 194 Å². The Kier molecular flexibility index (Phi) is 7.55. The SMILES string of the molecule is CCn1cc(/C=C(\NC(=O)c2ccccc2)C(=O)NCCN2CCOCC2)c2ccccc21. The average Bonchev–Trinajstić information content (AvgIpc) is 3.22. The van der Waals surface area contributed by atoms with Gasteiger partial charge in [0.1, 0.15) is 5.70 Å². The molecule has 0 radical (unpaired) electrons. The second kappa shape index (κ2) is 10.9. The molecule has 1 aliphatic rings. The molecule has 0 aliphatic carbocycles. The molecule has 0 spiro atoms. The maximum absolute atomic E-state index is 13.1. The van der Waals surface area contributed by atoms with E-state index in [0.29, 0.717) is 25.3 Å². The van der Waals surface area contributed by atoms with Crippen molar-refractivity contribution in [3.05, 3.63) is 77.6 Å². The van der Waals surface area contributed by atoms with Gasteiger partial charge in [-0.2, -0.15) is 0 Å². The maximum atomic E-state index is 13.1. The van der Waals surface area contributed by atoms with Gasteiger partial charge in [-0.3, -0.25) is 14.5 Å². The molecular weight excluding hydrogens is 416 g/mol. The van der Waals surface area contributed by atoms with Gasteiger partial charge in [0.15, 0.2) is 0 Å². The fourth-order valence-electron chi connectivity index (χ4n) is 4.00. The van der Waals surface area contributed by atoms with Crippen LogP contribution >= 0.6 is 0 Å². The van der Waals surface area contributed by atoms with Crippen LogP contribution in [-0.2, 0) is 16.1 Å². The van der Waals surface area contributed by atoms with E-state index in [1.54, 1.807) is 30.3 Å². The molecule has 2 heterocycles.